The highest BCUT2D eigenvalue weighted by Gasteiger charge is 2.13. The molecule has 156 valence electrons. The minimum Gasteiger partial charge on any atom is -0.351 e. The van der Waals surface area contributed by atoms with Crippen LogP contribution in [0.1, 0.15) is 34.8 Å². The van der Waals surface area contributed by atoms with Crippen molar-refractivity contribution in [1.82, 2.24) is 15.1 Å². The molecule has 2 N–H and O–H groups in total. The number of anilines is 1. The molecule has 3 rings (SSSR count). The number of halogens is 2. The van der Waals surface area contributed by atoms with E-state index in [2.05, 4.69) is 34.8 Å². The Balaban J connectivity index is 1.50. The fourth-order valence-corrected chi connectivity index (χ4v) is 2.88. The van der Waals surface area contributed by atoms with Crippen LogP contribution in [0.25, 0.3) is 0 Å². The molecule has 0 saturated heterocycles. The summed E-state index contributed by atoms with van der Waals surface area (Å²) >= 11 is 0. The number of amides is 2. The van der Waals surface area contributed by atoms with Crippen molar-refractivity contribution in [2.45, 2.75) is 26.3 Å². The first kappa shape index (κ1) is 21.2. The summed E-state index contributed by atoms with van der Waals surface area (Å²) in [4.78, 5) is 24.2. The molecule has 0 aliphatic heterocycles. The zero-order valence-electron chi connectivity index (χ0n) is 16.5. The zero-order chi connectivity index (χ0) is 21.5. The Morgan fingerprint density at radius 3 is 2.47 bits per heavy atom. The number of aromatic nitrogens is 2. The van der Waals surface area contributed by atoms with E-state index in [-0.39, 0.29) is 24.4 Å². The molecule has 0 unspecified atom stereocenters. The van der Waals surface area contributed by atoms with Gasteiger partial charge in [0.25, 0.3) is 5.91 Å². The summed E-state index contributed by atoms with van der Waals surface area (Å²) in [6, 6.07) is 12.6. The predicted octanol–water partition coefficient (Wildman–Crippen LogP) is 3.53. The number of carbonyl (C=O) groups excluding carboxylic acids is 2. The Morgan fingerprint density at radius 2 is 1.77 bits per heavy atom. The molecule has 0 aliphatic carbocycles. The minimum absolute atomic E-state index is 0.00804. The lowest BCUT2D eigenvalue weighted by atomic mass is 10.1. The second kappa shape index (κ2) is 9.78. The van der Waals surface area contributed by atoms with Gasteiger partial charge in [-0.2, -0.15) is 5.10 Å². The van der Waals surface area contributed by atoms with Crippen LogP contribution in [0.15, 0.2) is 54.7 Å². The molecule has 8 heteroatoms. The molecule has 2 amide bonds. The van der Waals surface area contributed by atoms with Gasteiger partial charge in [-0.3, -0.25) is 9.59 Å². The zero-order valence-corrected chi connectivity index (χ0v) is 16.5. The van der Waals surface area contributed by atoms with E-state index < -0.39 is 17.5 Å². The van der Waals surface area contributed by atoms with Crippen molar-refractivity contribution >= 4 is 17.6 Å². The smallest absolute Gasteiger partial charge is 0.254 e. The van der Waals surface area contributed by atoms with Crippen LogP contribution in [0.2, 0.25) is 0 Å². The molecule has 1 heterocycles. The number of hydrogen-bond donors (Lipinski definition) is 2. The van der Waals surface area contributed by atoms with Gasteiger partial charge in [-0.05, 0) is 29.7 Å². The Kier molecular flexibility index (Phi) is 6.90. The summed E-state index contributed by atoms with van der Waals surface area (Å²) in [5.41, 5.74) is 2.03. The summed E-state index contributed by atoms with van der Waals surface area (Å²) < 4.78 is 28.2. The summed E-state index contributed by atoms with van der Waals surface area (Å²) in [5, 5.41) is 9.43. The van der Waals surface area contributed by atoms with Gasteiger partial charge in [0, 0.05) is 25.1 Å². The molecule has 0 aliphatic rings. The fraction of sp³-hybridized carbons (Fsp3) is 0.227. The lowest BCUT2D eigenvalue weighted by Gasteiger charge is -2.10. The largest absolute Gasteiger partial charge is 0.351 e. The third-order valence-corrected chi connectivity index (χ3v) is 4.56. The molecule has 0 bridgehead atoms. The number of rotatable bonds is 8. The van der Waals surface area contributed by atoms with Gasteiger partial charge in [0.2, 0.25) is 5.91 Å². The van der Waals surface area contributed by atoms with E-state index in [9.17, 15) is 18.4 Å². The van der Waals surface area contributed by atoms with Crippen LogP contribution in [0.4, 0.5) is 14.6 Å². The van der Waals surface area contributed by atoms with Crippen LogP contribution in [-0.4, -0.2) is 28.1 Å². The molecule has 1 aromatic heterocycles. The van der Waals surface area contributed by atoms with E-state index in [0.29, 0.717) is 18.4 Å². The SMILES string of the molecule is CCc1ccc(Cn2nccc2NC(=O)CCNC(=O)c2ccc(F)cc2F)cc1. The molecular formula is C22H22F2N4O2. The molecule has 0 saturated carbocycles. The van der Waals surface area contributed by atoms with Crippen molar-refractivity contribution in [3.63, 3.8) is 0 Å². The molecule has 0 fully saturated rings. The molecule has 6 nitrogen and oxygen atoms in total. The van der Waals surface area contributed by atoms with Crippen molar-refractivity contribution in [1.29, 1.82) is 0 Å². The number of nitrogens with zero attached hydrogens (tertiary/aromatic N) is 2. The van der Waals surface area contributed by atoms with Crippen LogP contribution in [-0.2, 0) is 17.8 Å². The van der Waals surface area contributed by atoms with Gasteiger partial charge in [0.05, 0.1) is 18.3 Å². The quantitative estimate of drug-likeness (QED) is 0.594. The summed E-state index contributed by atoms with van der Waals surface area (Å²) in [6.45, 7) is 2.61. The van der Waals surface area contributed by atoms with E-state index in [1.165, 1.54) is 5.56 Å². The van der Waals surface area contributed by atoms with Gasteiger partial charge in [-0.15, -0.1) is 0 Å². The lowest BCUT2D eigenvalue weighted by molar-refractivity contribution is -0.116. The molecule has 3 aromatic rings. The van der Waals surface area contributed by atoms with E-state index in [1.807, 2.05) is 12.1 Å². The number of hydrogen-bond acceptors (Lipinski definition) is 3. The minimum atomic E-state index is -0.951. The maximum Gasteiger partial charge on any atom is 0.254 e. The molecule has 2 aromatic carbocycles. The first-order valence-corrected chi connectivity index (χ1v) is 9.59. The van der Waals surface area contributed by atoms with E-state index in [0.717, 1.165) is 24.1 Å². The van der Waals surface area contributed by atoms with E-state index in [1.54, 1.807) is 16.9 Å². The normalized spacial score (nSPS) is 10.6. The number of carbonyl (C=O) groups is 2. The van der Waals surface area contributed by atoms with Gasteiger partial charge in [0.15, 0.2) is 0 Å². The topological polar surface area (TPSA) is 76.0 Å². The van der Waals surface area contributed by atoms with Crippen molar-refractivity contribution in [2.75, 3.05) is 11.9 Å². The van der Waals surface area contributed by atoms with Gasteiger partial charge in [-0.1, -0.05) is 31.2 Å². The number of benzene rings is 2. The third kappa shape index (κ3) is 5.50. The first-order valence-electron chi connectivity index (χ1n) is 9.59. The molecule has 0 spiro atoms. The highest BCUT2D eigenvalue weighted by molar-refractivity contribution is 5.95. The Bertz CT molecular complexity index is 1030. The van der Waals surface area contributed by atoms with E-state index >= 15 is 0 Å². The maximum absolute atomic E-state index is 13.6. The first-order chi connectivity index (χ1) is 14.5. The van der Waals surface area contributed by atoms with Gasteiger partial charge in [0.1, 0.15) is 17.5 Å². The number of nitrogens with one attached hydrogen (secondary N) is 2. The lowest BCUT2D eigenvalue weighted by Crippen LogP contribution is -2.28. The van der Waals surface area contributed by atoms with Gasteiger partial charge >= 0.3 is 0 Å². The van der Waals surface area contributed by atoms with Crippen molar-refractivity contribution < 1.29 is 18.4 Å². The standard InChI is InChI=1S/C22H22F2N4O2/c1-2-15-3-5-16(6-4-15)14-28-20(9-12-26-28)27-21(29)10-11-25-22(30)18-8-7-17(23)13-19(18)24/h3-9,12-13H,2,10-11,14H2,1H3,(H,25,30)(H,27,29). The van der Waals surface area contributed by atoms with Gasteiger partial charge in [-0.25, -0.2) is 13.5 Å². The maximum atomic E-state index is 13.6. The Labute approximate surface area is 172 Å². The number of aryl methyl sites for hydroxylation is 1. The third-order valence-electron chi connectivity index (χ3n) is 4.56. The molecule has 0 atom stereocenters. The fourth-order valence-electron chi connectivity index (χ4n) is 2.88. The van der Waals surface area contributed by atoms with Crippen LogP contribution in [0.3, 0.4) is 0 Å². The summed E-state index contributed by atoms with van der Waals surface area (Å²) in [5.74, 6) is -2.21. The van der Waals surface area contributed by atoms with Crippen molar-refractivity contribution in [3.8, 4) is 0 Å². The second-order valence-corrected chi connectivity index (χ2v) is 6.72. The molecule has 0 radical (unpaired) electrons. The monoisotopic (exact) mass is 412 g/mol. The van der Waals surface area contributed by atoms with Crippen molar-refractivity contribution in [3.05, 3.63) is 83.1 Å². The highest BCUT2D eigenvalue weighted by atomic mass is 19.1. The molecular weight excluding hydrogens is 390 g/mol. The average Bonchev–Trinajstić information content (AvgIpc) is 3.14. The van der Waals surface area contributed by atoms with E-state index in [4.69, 9.17) is 0 Å². The Morgan fingerprint density at radius 1 is 1.03 bits per heavy atom. The average molecular weight is 412 g/mol. The van der Waals surface area contributed by atoms with Crippen molar-refractivity contribution in [2.24, 2.45) is 0 Å². The van der Waals surface area contributed by atoms with Crippen LogP contribution >= 0.6 is 0 Å². The van der Waals surface area contributed by atoms with Crippen LogP contribution in [0, 0.1) is 11.6 Å². The van der Waals surface area contributed by atoms with Crippen LogP contribution < -0.4 is 10.6 Å². The second-order valence-electron chi connectivity index (χ2n) is 6.72. The Hall–Kier alpha value is -3.55. The summed E-state index contributed by atoms with van der Waals surface area (Å²) in [6.07, 6.45) is 2.55. The summed E-state index contributed by atoms with van der Waals surface area (Å²) in [7, 11) is 0. The van der Waals surface area contributed by atoms with Crippen LogP contribution in [0.5, 0.6) is 0 Å². The van der Waals surface area contributed by atoms with Gasteiger partial charge < -0.3 is 10.6 Å². The highest BCUT2D eigenvalue weighted by Crippen LogP contribution is 2.12. The predicted molar refractivity (Wildman–Crippen MR) is 109 cm³/mol. The molecule has 30 heavy (non-hydrogen) atoms.